The van der Waals surface area contributed by atoms with E-state index in [1.165, 1.54) is 5.56 Å². The van der Waals surface area contributed by atoms with Crippen molar-refractivity contribution < 1.29 is 0 Å². The lowest BCUT2D eigenvalue weighted by Gasteiger charge is -2.23. The quantitative estimate of drug-likeness (QED) is 0.751. The Bertz CT molecular complexity index is 246. The van der Waals surface area contributed by atoms with Gasteiger partial charge in [-0.1, -0.05) is 0 Å². The van der Waals surface area contributed by atoms with E-state index in [4.69, 9.17) is 11.6 Å². The van der Waals surface area contributed by atoms with Gasteiger partial charge in [-0.3, -0.25) is 4.98 Å². The van der Waals surface area contributed by atoms with Gasteiger partial charge in [-0.25, -0.2) is 0 Å². The summed E-state index contributed by atoms with van der Waals surface area (Å²) in [6, 6.07) is 3.99. The molecular formula is C10H15ClN2. The van der Waals surface area contributed by atoms with Crippen LogP contribution in [-0.2, 0) is 6.54 Å². The highest BCUT2D eigenvalue weighted by atomic mass is 35.5. The monoisotopic (exact) mass is 198 g/mol. The first-order valence-corrected chi connectivity index (χ1v) is 4.87. The van der Waals surface area contributed by atoms with Gasteiger partial charge in [-0.2, -0.15) is 0 Å². The first-order chi connectivity index (χ1) is 6.14. The van der Waals surface area contributed by atoms with Gasteiger partial charge in [0.15, 0.2) is 0 Å². The lowest BCUT2D eigenvalue weighted by Crippen LogP contribution is -2.40. The maximum atomic E-state index is 5.78. The number of alkyl halides is 1. The molecule has 0 atom stereocenters. The summed E-state index contributed by atoms with van der Waals surface area (Å²) in [5.41, 5.74) is 1.22. The van der Waals surface area contributed by atoms with Crippen molar-refractivity contribution in [2.45, 2.75) is 25.9 Å². The van der Waals surface area contributed by atoms with Crippen molar-refractivity contribution in [1.29, 1.82) is 0 Å². The van der Waals surface area contributed by atoms with Gasteiger partial charge in [0, 0.05) is 30.4 Å². The number of aromatic nitrogens is 1. The van der Waals surface area contributed by atoms with Gasteiger partial charge in [0.25, 0.3) is 0 Å². The predicted molar refractivity (Wildman–Crippen MR) is 55.9 cm³/mol. The molecule has 0 aromatic carbocycles. The summed E-state index contributed by atoms with van der Waals surface area (Å²) in [5, 5.41) is 3.37. The maximum Gasteiger partial charge on any atom is 0.0400 e. The summed E-state index contributed by atoms with van der Waals surface area (Å²) in [6.45, 7) is 5.00. The Morgan fingerprint density at radius 1 is 1.38 bits per heavy atom. The minimum Gasteiger partial charge on any atom is -0.307 e. The average Bonchev–Trinajstić information content (AvgIpc) is 2.17. The molecule has 1 N–H and O–H groups in total. The van der Waals surface area contributed by atoms with Crippen molar-refractivity contribution in [3.63, 3.8) is 0 Å². The number of hydrogen-bond acceptors (Lipinski definition) is 2. The zero-order valence-corrected chi connectivity index (χ0v) is 8.80. The molecule has 0 amide bonds. The molecule has 1 heterocycles. The fourth-order valence-electron chi connectivity index (χ4n) is 0.889. The lowest BCUT2D eigenvalue weighted by atomic mass is 10.1. The number of rotatable bonds is 4. The van der Waals surface area contributed by atoms with Crippen LogP contribution >= 0.6 is 11.6 Å². The van der Waals surface area contributed by atoms with Crippen molar-refractivity contribution >= 4 is 11.6 Å². The Kier molecular flexibility index (Phi) is 3.70. The van der Waals surface area contributed by atoms with Crippen LogP contribution in [0.1, 0.15) is 19.4 Å². The van der Waals surface area contributed by atoms with Gasteiger partial charge >= 0.3 is 0 Å². The van der Waals surface area contributed by atoms with Crippen LogP contribution in [0.15, 0.2) is 24.5 Å². The number of nitrogens with one attached hydrogen (secondary N) is 1. The molecule has 0 fully saturated rings. The van der Waals surface area contributed by atoms with Crippen LogP contribution < -0.4 is 5.32 Å². The van der Waals surface area contributed by atoms with E-state index in [-0.39, 0.29) is 5.54 Å². The molecule has 0 spiro atoms. The second-order valence-corrected chi connectivity index (χ2v) is 3.99. The molecule has 0 aliphatic carbocycles. The van der Waals surface area contributed by atoms with E-state index in [1.54, 1.807) is 12.4 Å². The van der Waals surface area contributed by atoms with Crippen molar-refractivity contribution in [3.05, 3.63) is 30.1 Å². The van der Waals surface area contributed by atoms with E-state index >= 15 is 0 Å². The standard InChI is InChI=1S/C10H15ClN2/c1-10(2,8-11)13-7-9-3-5-12-6-4-9/h3-6,13H,7-8H2,1-2H3. The summed E-state index contributed by atoms with van der Waals surface area (Å²) in [5.74, 6) is 0.609. The van der Waals surface area contributed by atoms with Crippen LogP contribution in [0.4, 0.5) is 0 Å². The van der Waals surface area contributed by atoms with Gasteiger partial charge in [0.2, 0.25) is 0 Å². The summed E-state index contributed by atoms with van der Waals surface area (Å²) < 4.78 is 0. The zero-order chi connectivity index (χ0) is 9.73. The van der Waals surface area contributed by atoms with E-state index in [9.17, 15) is 0 Å². The van der Waals surface area contributed by atoms with Crippen LogP contribution in [0.25, 0.3) is 0 Å². The van der Waals surface area contributed by atoms with Crippen LogP contribution in [0, 0.1) is 0 Å². The second kappa shape index (κ2) is 4.58. The molecule has 1 aromatic heterocycles. The van der Waals surface area contributed by atoms with E-state index in [1.807, 2.05) is 12.1 Å². The highest BCUT2D eigenvalue weighted by molar-refractivity contribution is 6.18. The minimum atomic E-state index is -0.00910. The van der Waals surface area contributed by atoms with Crippen molar-refractivity contribution in [1.82, 2.24) is 10.3 Å². The summed E-state index contributed by atoms with van der Waals surface area (Å²) in [4.78, 5) is 3.96. The number of pyridine rings is 1. The number of hydrogen-bond donors (Lipinski definition) is 1. The Morgan fingerprint density at radius 2 is 2.00 bits per heavy atom. The molecule has 1 aromatic rings. The zero-order valence-electron chi connectivity index (χ0n) is 8.05. The third kappa shape index (κ3) is 3.75. The number of halogens is 1. The molecule has 0 radical (unpaired) electrons. The smallest absolute Gasteiger partial charge is 0.0400 e. The molecule has 3 heteroatoms. The fraction of sp³-hybridized carbons (Fsp3) is 0.500. The summed E-state index contributed by atoms with van der Waals surface area (Å²) in [6.07, 6.45) is 3.59. The van der Waals surface area contributed by atoms with Gasteiger partial charge < -0.3 is 5.32 Å². The molecule has 0 unspecified atom stereocenters. The average molecular weight is 199 g/mol. The third-order valence-electron chi connectivity index (χ3n) is 1.85. The van der Waals surface area contributed by atoms with Gasteiger partial charge in [0.1, 0.15) is 0 Å². The maximum absolute atomic E-state index is 5.78. The Balaban J connectivity index is 2.44. The van der Waals surface area contributed by atoms with Crippen molar-refractivity contribution in [3.8, 4) is 0 Å². The van der Waals surface area contributed by atoms with Gasteiger partial charge in [0.05, 0.1) is 0 Å². The molecule has 0 saturated carbocycles. The predicted octanol–water partition coefficient (Wildman–Crippen LogP) is 2.19. The Labute approximate surface area is 84.3 Å². The molecule has 1 rings (SSSR count). The molecule has 0 saturated heterocycles. The van der Waals surface area contributed by atoms with Crippen LogP contribution in [0.3, 0.4) is 0 Å². The normalized spacial score (nSPS) is 11.6. The largest absolute Gasteiger partial charge is 0.307 e. The highest BCUT2D eigenvalue weighted by Crippen LogP contribution is 2.06. The van der Waals surface area contributed by atoms with E-state index in [0.717, 1.165) is 6.54 Å². The molecule has 0 bridgehead atoms. The fourth-order valence-corrected chi connectivity index (χ4v) is 0.984. The van der Waals surface area contributed by atoms with Gasteiger partial charge in [-0.15, -0.1) is 11.6 Å². The first-order valence-electron chi connectivity index (χ1n) is 4.34. The van der Waals surface area contributed by atoms with Crippen molar-refractivity contribution in [2.24, 2.45) is 0 Å². The number of nitrogens with zero attached hydrogens (tertiary/aromatic N) is 1. The summed E-state index contributed by atoms with van der Waals surface area (Å²) >= 11 is 5.78. The van der Waals surface area contributed by atoms with Crippen LogP contribution in [0.5, 0.6) is 0 Å². The van der Waals surface area contributed by atoms with E-state index in [0.29, 0.717) is 5.88 Å². The van der Waals surface area contributed by atoms with Crippen molar-refractivity contribution in [2.75, 3.05) is 5.88 Å². The van der Waals surface area contributed by atoms with E-state index in [2.05, 4.69) is 24.1 Å². The molecule has 2 nitrogen and oxygen atoms in total. The highest BCUT2D eigenvalue weighted by Gasteiger charge is 2.14. The molecular weight excluding hydrogens is 184 g/mol. The molecule has 0 aliphatic rings. The van der Waals surface area contributed by atoms with Crippen LogP contribution in [0.2, 0.25) is 0 Å². The lowest BCUT2D eigenvalue weighted by molar-refractivity contribution is 0.429. The van der Waals surface area contributed by atoms with Gasteiger partial charge in [-0.05, 0) is 31.5 Å². The topological polar surface area (TPSA) is 24.9 Å². The Morgan fingerprint density at radius 3 is 2.54 bits per heavy atom. The van der Waals surface area contributed by atoms with Crippen LogP contribution in [-0.4, -0.2) is 16.4 Å². The molecule has 13 heavy (non-hydrogen) atoms. The SMILES string of the molecule is CC(C)(CCl)NCc1ccncc1. The third-order valence-corrected chi connectivity index (χ3v) is 2.52. The molecule has 0 aliphatic heterocycles. The minimum absolute atomic E-state index is 0.00910. The van der Waals surface area contributed by atoms with E-state index < -0.39 is 0 Å². The second-order valence-electron chi connectivity index (χ2n) is 3.73. The Hall–Kier alpha value is -0.600. The first kappa shape index (κ1) is 10.5. The molecule has 72 valence electrons. The summed E-state index contributed by atoms with van der Waals surface area (Å²) in [7, 11) is 0.